The third-order valence-corrected chi connectivity index (χ3v) is 8.29. The maximum Gasteiger partial charge on any atom is 0.412 e. The van der Waals surface area contributed by atoms with Gasteiger partial charge in [-0.25, -0.2) is 0 Å². The highest BCUT2D eigenvalue weighted by Crippen LogP contribution is 2.56. The third kappa shape index (κ3) is 6.11. The van der Waals surface area contributed by atoms with Gasteiger partial charge in [-0.1, -0.05) is 23.2 Å². The Hall–Kier alpha value is -0.830. The lowest BCUT2D eigenvalue weighted by molar-refractivity contribution is -0.153. The van der Waals surface area contributed by atoms with Crippen LogP contribution in [-0.4, -0.2) is 43.1 Å². The van der Waals surface area contributed by atoms with Crippen LogP contribution in [0.15, 0.2) is 17.9 Å². The zero-order chi connectivity index (χ0) is 25.5. The Morgan fingerprint density at radius 3 is 2.35 bits per heavy atom. The van der Waals surface area contributed by atoms with Gasteiger partial charge < -0.3 is 19.1 Å². The number of amides is 1. The Labute approximate surface area is 212 Å². The number of hydrogen-bond donors (Lipinski definition) is 1. The minimum absolute atomic E-state index is 0.144. The summed E-state index contributed by atoms with van der Waals surface area (Å²) < 4.78 is 55.4. The second kappa shape index (κ2) is 9.91. The van der Waals surface area contributed by atoms with E-state index >= 15 is 0 Å². The number of hydrogen-bond acceptors (Lipinski definition) is 5. The maximum absolute atomic E-state index is 13.3. The Bertz CT molecular complexity index is 1030. The lowest BCUT2D eigenvalue weighted by Gasteiger charge is -2.44. The Kier molecular flexibility index (Phi) is 8.09. The topological polar surface area (TPSA) is 56.8 Å². The predicted octanol–water partition coefficient (Wildman–Crippen LogP) is 6.79. The van der Waals surface area contributed by atoms with Crippen LogP contribution in [0.3, 0.4) is 0 Å². The van der Waals surface area contributed by atoms with Gasteiger partial charge in [0.05, 0.1) is 21.7 Å². The summed E-state index contributed by atoms with van der Waals surface area (Å²) in [6.07, 6.45) is -2.46. The van der Waals surface area contributed by atoms with Crippen molar-refractivity contribution in [2.24, 2.45) is 0 Å². The summed E-state index contributed by atoms with van der Waals surface area (Å²) in [5.74, 6) is -0.260. The summed E-state index contributed by atoms with van der Waals surface area (Å²) >= 11 is 17.9. The van der Waals surface area contributed by atoms with Crippen LogP contribution < -0.4 is 5.32 Å². The van der Waals surface area contributed by atoms with E-state index in [0.29, 0.717) is 48.4 Å². The molecule has 190 valence electrons. The maximum atomic E-state index is 13.3. The summed E-state index contributed by atoms with van der Waals surface area (Å²) in [7, 11) is 0. The second-order valence-electron chi connectivity index (χ2n) is 8.95. The van der Waals surface area contributed by atoms with E-state index in [1.54, 1.807) is 13.0 Å². The van der Waals surface area contributed by atoms with Gasteiger partial charge in [-0.15, -0.1) is 0 Å². The largest absolute Gasteiger partial charge is 0.445 e. The summed E-state index contributed by atoms with van der Waals surface area (Å²) in [6, 6.07) is 3.16. The van der Waals surface area contributed by atoms with E-state index in [1.807, 2.05) is 13.8 Å². The molecule has 1 spiro atoms. The van der Waals surface area contributed by atoms with E-state index in [1.165, 1.54) is 12.7 Å². The van der Waals surface area contributed by atoms with Crippen LogP contribution in [0.2, 0.25) is 10.0 Å². The van der Waals surface area contributed by atoms with Crippen LogP contribution in [-0.2, 0) is 30.4 Å². The van der Waals surface area contributed by atoms with Crippen molar-refractivity contribution in [1.29, 1.82) is 0 Å². The summed E-state index contributed by atoms with van der Waals surface area (Å²) in [5, 5.41) is 3.64. The molecular formula is C22H27Cl2F3NO4PS. The Morgan fingerprint density at radius 1 is 1.21 bits per heavy atom. The van der Waals surface area contributed by atoms with Crippen LogP contribution in [0.25, 0.3) is 5.57 Å². The number of alkyl halides is 3. The molecule has 1 heterocycles. The number of ether oxygens (including phenoxy) is 1. The van der Waals surface area contributed by atoms with Crippen LogP contribution in [0.5, 0.6) is 0 Å². The van der Waals surface area contributed by atoms with Crippen molar-refractivity contribution in [3.8, 4) is 0 Å². The smallest absolute Gasteiger partial charge is 0.412 e. The Balaban J connectivity index is 2.10. The third-order valence-electron chi connectivity index (χ3n) is 6.12. The molecule has 3 rings (SSSR count). The quantitative estimate of drug-likeness (QED) is 0.373. The minimum Gasteiger partial charge on any atom is -0.445 e. The van der Waals surface area contributed by atoms with Gasteiger partial charge in [-0.2, -0.15) is 13.2 Å². The fourth-order valence-corrected chi connectivity index (χ4v) is 6.59. The summed E-state index contributed by atoms with van der Waals surface area (Å²) in [4.78, 5) is 13.3. The molecular weight excluding hydrogens is 533 g/mol. The minimum atomic E-state index is -4.57. The van der Waals surface area contributed by atoms with Crippen molar-refractivity contribution in [2.75, 3.05) is 19.9 Å². The molecule has 1 aromatic rings. The van der Waals surface area contributed by atoms with Crippen molar-refractivity contribution in [2.45, 2.75) is 63.8 Å². The van der Waals surface area contributed by atoms with Gasteiger partial charge >= 0.3 is 6.18 Å². The van der Waals surface area contributed by atoms with E-state index in [9.17, 15) is 18.0 Å². The number of carbonyl (C=O) groups excluding carboxylic acids is 1. The highest BCUT2D eigenvalue weighted by molar-refractivity contribution is 8.09. The number of carbonyl (C=O) groups is 1. The SMILES string of the molecule is CCOC1(C)CCC2(CC1)NC(=O)C(c1c(C)cc(Cl)cc1Cl)=C2OP(C)(=S)OCC(F)(F)F. The van der Waals surface area contributed by atoms with Gasteiger partial charge in [0.15, 0.2) is 6.61 Å². The molecule has 1 amide bonds. The first-order valence-electron chi connectivity index (χ1n) is 10.8. The van der Waals surface area contributed by atoms with Crippen LogP contribution in [0, 0.1) is 6.92 Å². The molecule has 1 saturated carbocycles. The first-order chi connectivity index (χ1) is 15.6. The van der Waals surface area contributed by atoms with E-state index in [2.05, 4.69) is 5.32 Å². The first-order valence-corrected chi connectivity index (χ1v) is 14.6. The molecule has 1 aromatic carbocycles. The number of benzene rings is 1. The second-order valence-corrected chi connectivity index (χ2v) is 13.8. The molecule has 1 aliphatic heterocycles. The van der Waals surface area contributed by atoms with Crippen molar-refractivity contribution < 1.29 is 31.8 Å². The molecule has 1 aliphatic carbocycles. The van der Waals surface area contributed by atoms with Gasteiger partial charge in [0.2, 0.25) is 6.49 Å². The monoisotopic (exact) mass is 559 g/mol. The molecule has 0 aromatic heterocycles. The predicted molar refractivity (Wildman–Crippen MR) is 131 cm³/mol. The standard InChI is InChI=1S/C22H27Cl2F3NO4PS/c1-5-30-20(3)6-8-21(9-7-20)18(32-33(4,34)31-12-22(25,26)27)17(19(29)28-21)16-13(2)10-14(23)11-15(16)24/h10-11H,5-9,12H2,1-4H3,(H,28,29). The van der Waals surface area contributed by atoms with E-state index < -0.39 is 30.7 Å². The number of nitrogens with one attached hydrogen (secondary N) is 1. The Morgan fingerprint density at radius 2 is 1.82 bits per heavy atom. The average Bonchev–Trinajstić information content (AvgIpc) is 2.94. The summed E-state index contributed by atoms with van der Waals surface area (Å²) in [6.45, 7) is 2.54. The highest BCUT2D eigenvalue weighted by atomic mass is 35.5. The molecule has 5 nitrogen and oxygen atoms in total. The zero-order valence-electron chi connectivity index (χ0n) is 19.3. The van der Waals surface area contributed by atoms with Gasteiger partial charge in [-0.05, 0) is 76.0 Å². The fraction of sp³-hybridized carbons (Fsp3) is 0.591. The van der Waals surface area contributed by atoms with Gasteiger partial charge in [0.25, 0.3) is 5.91 Å². The highest BCUT2D eigenvalue weighted by Gasteiger charge is 2.53. The van der Waals surface area contributed by atoms with Gasteiger partial charge in [0.1, 0.15) is 5.76 Å². The zero-order valence-corrected chi connectivity index (χ0v) is 22.5. The molecule has 0 saturated heterocycles. The molecule has 1 atom stereocenters. The van der Waals surface area contributed by atoms with Gasteiger partial charge in [-0.3, -0.25) is 4.79 Å². The molecule has 0 bridgehead atoms. The van der Waals surface area contributed by atoms with Crippen LogP contribution >= 0.6 is 29.7 Å². The molecule has 1 unspecified atom stereocenters. The van der Waals surface area contributed by atoms with Crippen LogP contribution in [0.1, 0.15) is 50.7 Å². The van der Waals surface area contributed by atoms with E-state index in [0.717, 1.165) is 0 Å². The lowest BCUT2D eigenvalue weighted by atomic mass is 9.74. The molecule has 34 heavy (non-hydrogen) atoms. The van der Waals surface area contributed by atoms with E-state index in [4.69, 9.17) is 48.8 Å². The van der Waals surface area contributed by atoms with E-state index in [-0.39, 0.29) is 22.0 Å². The van der Waals surface area contributed by atoms with Gasteiger partial charge in [0, 0.05) is 23.9 Å². The fourth-order valence-electron chi connectivity index (χ4n) is 4.49. The molecule has 1 N–H and O–H groups in total. The molecule has 1 fully saturated rings. The van der Waals surface area contributed by atoms with Crippen molar-refractivity contribution >= 4 is 53.0 Å². The van der Waals surface area contributed by atoms with Crippen molar-refractivity contribution in [3.63, 3.8) is 0 Å². The number of aryl methyl sites for hydroxylation is 1. The normalized spacial score (nSPS) is 27.1. The average molecular weight is 560 g/mol. The van der Waals surface area contributed by atoms with Crippen molar-refractivity contribution in [1.82, 2.24) is 5.32 Å². The van der Waals surface area contributed by atoms with Crippen LogP contribution in [0.4, 0.5) is 13.2 Å². The molecule has 0 radical (unpaired) electrons. The number of halogens is 5. The molecule has 2 aliphatic rings. The lowest BCUT2D eigenvalue weighted by Crippen LogP contribution is -2.51. The number of rotatable bonds is 7. The molecule has 12 heteroatoms. The van der Waals surface area contributed by atoms with Crippen molar-refractivity contribution in [3.05, 3.63) is 39.1 Å². The first kappa shape index (κ1) is 27.8. The summed E-state index contributed by atoms with van der Waals surface area (Å²) in [5.41, 5.74) is -0.173.